The molecule has 1 saturated heterocycles. The molecule has 1 N–H and O–H groups in total. The Morgan fingerprint density at radius 3 is 2.82 bits per heavy atom. The summed E-state index contributed by atoms with van der Waals surface area (Å²) < 4.78 is 10.6. The lowest BCUT2D eigenvalue weighted by atomic mass is 9.93. The van der Waals surface area contributed by atoms with E-state index in [1.165, 1.54) is 0 Å². The zero-order valence-electron chi connectivity index (χ0n) is 11.2. The van der Waals surface area contributed by atoms with Gasteiger partial charge in [0.2, 0.25) is 0 Å². The Hall–Kier alpha value is -0.610. The molecule has 0 radical (unpaired) electrons. The number of esters is 1. The molecule has 17 heavy (non-hydrogen) atoms. The van der Waals surface area contributed by atoms with E-state index in [4.69, 9.17) is 9.47 Å². The molecule has 100 valence electrons. The molecule has 0 aromatic heterocycles. The average molecular weight is 243 g/mol. The SMILES string of the molecule is CC(C)COCCOC(=O)C1CCNC(C)C1. The highest BCUT2D eigenvalue weighted by Gasteiger charge is 2.25. The fourth-order valence-corrected chi connectivity index (χ4v) is 1.98. The van der Waals surface area contributed by atoms with Gasteiger partial charge in [0.05, 0.1) is 12.5 Å². The number of nitrogens with one attached hydrogen (secondary N) is 1. The molecule has 1 aliphatic heterocycles. The fraction of sp³-hybridized carbons (Fsp3) is 0.923. The van der Waals surface area contributed by atoms with Crippen LogP contribution >= 0.6 is 0 Å². The van der Waals surface area contributed by atoms with Crippen LogP contribution in [-0.4, -0.2) is 38.4 Å². The van der Waals surface area contributed by atoms with Crippen molar-refractivity contribution in [2.75, 3.05) is 26.4 Å². The molecule has 4 heteroatoms. The number of piperidine rings is 1. The van der Waals surface area contributed by atoms with Crippen LogP contribution in [-0.2, 0) is 14.3 Å². The van der Waals surface area contributed by atoms with Gasteiger partial charge in [-0.15, -0.1) is 0 Å². The molecule has 2 unspecified atom stereocenters. The zero-order chi connectivity index (χ0) is 12.7. The van der Waals surface area contributed by atoms with Crippen LogP contribution in [0.5, 0.6) is 0 Å². The lowest BCUT2D eigenvalue weighted by Gasteiger charge is -2.26. The fourth-order valence-electron chi connectivity index (χ4n) is 1.98. The Kier molecular flexibility index (Phi) is 6.52. The van der Waals surface area contributed by atoms with Crippen molar-refractivity contribution in [3.63, 3.8) is 0 Å². The normalized spacial score (nSPS) is 24.9. The van der Waals surface area contributed by atoms with E-state index in [-0.39, 0.29) is 11.9 Å². The van der Waals surface area contributed by atoms with Gasteiger partial charge in [0.15, 0.2) is 0 Å². The van der Waals surface area contributed by atoms with Crippen LogP contribution in [0.3, 0.4) is 0 Å². The molecule has 2 atom stereocenters. The third-order valence-electron chi connectivity index (χ3n) is 2.88. The molecule has 0 aliphatic carbocycles. The van der Waals surface area contributed by atoms with E-state index in [1.807, 2.05) is 0 Å². The summed E-state index contributed by atoms with van der Waals surface area (Å²) in [5, 5.41) is 3.32. The highest BCUT2D eigenvalue weighted by atomic mass is 16.6. The smallest absolute Gasteiger partial charge is 0.309 e. The average Bonchev–Trinajstić information content (AvgIpc) is 2.28. The highest BCUT2D eigenvalue weighted by Crippen LogP contribution is 2.17. The van der Waals surface area contributed by atoms with E-state index in [2.05, 4.69) is 26.1 Å². The molecule has 0 amide bonds. The minimum atomic E-state index is -0.0634. The van der Waals surface area contributed by atoms with Gasteiger partial charge in [0, 0.05) is 12.6 Å². The summed E-state index contributed by atoms with van der Waals surface area (Å²) in [7, 11) is 0. The molecular formula is C13H25NO3. The molecule has 1 heterocycles. The number of carbonyl (C=O) groups is 1. The van der Waals surface area contributed by atoms with Crippen molar-refractivity contribution >= 4 is 5.97 Å². The van der Waals surface area contributed by atoms with Gasteiger partial charge in [0.25, 0.3) is 0 Å². The second-order valence-corrected chi connectivity index (χ2v) is 5.21. The minimum absolute atomic E-state index is 0.0634. The van der Waals surface area contributed by atoms with E-state index < -0.39 is 0 Å². The third kappa shape index (κ3) is 6.03. The van der Waals surface area contributed by atoms with Crippen molar-refractivity contribution < 1.29 is 14.3 Å². The first kappa shape index (κ1) is 14.5. The molecule has 0 aromatic carbocycles. The Balaban J connectivity index is 2.08. The Bertz CT molecular complexity index is 231. The van der Waals surface area contributed by atoms with Crippen LogP contribution in [0.25, 0.3) is 0 Å². The maximum Gasteiger partial charge on any atom is 0.309 e. The number of hydrogen-bond donors (Lipinski definition) is 1. The topological polar surface area (TPSA) is 47.6 Å². The van der Waals surface area contributed by atoms with Crippen LogP contribution in [0.2, 0.25) is 0 Å². The van der Waals surface area contributed by atoms with E-state index in [0.717, 1.165) is 26.0 Å². The number of rotatable bonds is 6. The quantitative estimate of drug-likeness (QED) is 0.568. The van der Waals surface area contributed by atoms with Crippen molar-refractivity contribution in [2.24, 2.45) is 11.8 Å². The van der Waals surface area contributed by atoms with Crippen LogP contribution in [0.4, 0.5) is 0 Å². The van der Waals surface area contributed by atoms with Gasteiger partial charge in [-0.25, -0.2) is 0 Å². The van der Waals surface area contributed by atoms with Crippen molar-refractivity contribution in [3.05, 3.63) is 0 Å². The summed E-state index contributed by atoms with van der Waals surface area (Å²) in [5.41, 5.74) is 0. The second-order valence-electron chi connectivity index (χ2n) is 5.21. The Morgan fingerprint density at radius 1 is 1.41 bits per heavy atom. The van der Waals surface area contributed by atoms with Crippen LogP contribution in [0.1, 0.15) is 33.6 Å². The van der Waals surface area contributed by atoms with Crippen molar-refractivity contribution in [3.8, 4) is 0 Å². The summed E-state index contributed by atoms with van der Waals surface area (Å²) in [6.07, 6.45) is 1.77. The van der Waals surface area contributed by atoms with Gasteiger partial charge < -0.3 is 14.8 Å². The predicted molar refractivity (Wildman–Crippen MR) is 66.8 cm³/mol. The summed E-state index contributed by atoms with van der Waals surface area (Å²) in [5.74, 6) is 0.527. The van der Waals surface area contributed by atoms with Crippen LogP contribution < -0.4 is 5.32 Å². The predicted octanol–water partition coefficient (Wildman–Crippen LogP) is 1.59. The molecule has 0 spiro atoms. The standard InChI is InChI=1S/C13H25NO3/c1-10(2)9-16-6-7-17-13(15)12-4-5-14-11(3)8-12/h10-12,14H,4-9H2,1-3H3. The maximum atomic E-state index is 11.7. The molecule has 4 nitrogen and oxygen atoms in total. The Morgan fingerprint density at radius 2 is 2.18 bits per heavy atom. The molecule has 0 bridgehead atoms. The first-order valence-electron chi connectivity index (χ1n) is 6.57. The number of ether oxygens (including phenoxy) is 2. The maximum absolute atomic E-state index is 11.7. The van der Waals surface area contributed by atoms with E-state index in [0.29, 0.717) is 25.2 Å². The molecule has 0 saturated carbocycles. The Labute approximate surface area is 104 Å². The molecule has 1 aliphatic rings. The lowest BCUT2D eigenvalue weighted by Crippen LogP contribution is -2.39. The first-order chi connectivity index (χ1) is 8.09. The molecular weight excluding hydrogens is 218 g/mol. The molecule has 1 rings (SSSR count). The van der Waals surface area contributed by atoms with Crippen LogP contribution in [0, 0.1) is 11.8 Å². The summed E-state index contributed by atoms with van der Waals surface area (Å²) in [6.45, 7) is 8.82. The van der Waals surface area contributed by atoms with E-state index in [9.17, 15) is 4.79 Å². The van der Waals surface area contributed by atoms with E-state index in [1.54, 1.807) is 0 Å². The summed E-state index contributed by atoms with van der Waals surface area (Å²) in [4.78, 5) is 11.7. The monoisotopic (exact) mass is 243 g/mol. The zero-order valence-corrected chi connectivity index (χ0v) is 11.2. The van der Waals surface area contributed by atoms with Gasteiger partial charge in [0.1, 0.15) is 6.61 Å². The minimum Gasteiger partial charge on any atom is -0.463 e. The van der Waals surface area contributed by atoms with Gasteiger partial charge in [-0.1, -0.05) is 13.8 Å². The van der Waals surface area contributed by atoms with Gasteiger partial charge in [-0.05, 0) is 32.2 Å². The number of carbonyl (C=O) groups excluding carboxylic acids is 1. The lowest BCUT2D eigenvalue weighted by molar-refractivity contribution is -0.151. The van der Waals surface area contributed by atoms with E-state index >= 15 is 0 Å². The van der Waals surface area contributed by atoms with Crippen molar-refractivity contribution in [1.82, 2.24) is 5.32 Å². The van der Waals surface area contributed by atoms with Gasteiger partial charge in [-0.3, -0.25) is 4.79 Å². The highest BCUT2D eigenvalue weighted by molar-refractivity contribution is 5.72. The van der Waals surface area contributed by atoms with Gasteiger partial charge >= 0.3 is 5.97 Å². The molecule has 0 aromatic rings. The molecule has 1 fully saturated rings. The van der Waals surface area contributed by atoms with Gasteiger partial charge in [-0.2, -0.15) is 0 Å². The second kappa shape index (κ2) is 7.67. The summed E-state index contributed by atoms with van der Waals surface area (Å²) in [6, 6.07) is 0.415. The third-order valence-corrected chi connectivity index (χ3v) is 2.88. The number of hydrogen-bond acceptors (Lipinski definition) is 4. The summed E-state index contributed by atoms with van der Waals surface area (Å²) >= 11 is 0. The largest absolute Gasteiger partial charge is 0.463 e. The van der Waals surface area contributed by atoms with Crippen molar-refractivity contribution in [1.29, 1.82) is 0 Å². The van der Waals surface area contributed by atoms with Crippen LogP contribution in [0.15, 0.2) is 0 Å². The van der Waals surface area contributed by atoms with Crippen molar-refractivity contribution in [2.45, 2.75) is 39.7 Å². The first-order valence-corrected chi connectivity index (χ1v) is 6.57.